The van der Waals surface area contributed by atoms with Gasteiger partial charge < -0.3 is 0 Å². The summed E-state index contributed by atoms with van der Waals surface area (Å²) in [5.74, 6) is 4.80. The summed E-state index contributed by atoms with van der Waals surface area (Å²) in [5, 5.41) is 10.5. The Morgan fingerprint density at radius 2 is 2.21 bits per heavy atom. The summed E-state index contributed by atoms with van der Waals surface area (Å²) in [6, 6.07) is 4.47. The Hall–Kier alpha value is -2.15. The second-order valence-corrected chi connectivity index (χ2v) is 2.65. The summed E-state index contributed by atoms with van der Waals surface area (Å²) in [4.78, 5) is 20.0. The first-order valence-electron chi connectivity index (χ1n) is 3.85. The Morgan fingerprint density at radius 1 is 1.50 bits per heavy atom. The number of aryl methyl sites for hydroxylation is 1. The van der Waals surface area contributed by atoms with E-state index in [0.717, 1.165) is 0 Å². The van der Waals surface area contributed by atoms with E-state index >= 15 is 0 Å². The largest absolute Gasteiger partial charge is 0.289 e. The van der Waals surface area contributed by atoms with Gasteiger partial charge in [-0.2, -0.15) is 0 Å². The highest BCUT2D eigenvalue weighted by Crippen LogP contribution is 2.17. The highest BCUT2D eigenvalue weighted by molar-refractivity contribution is 5.74. The average molecular weight is 189 g/mol. The van der Waals surface area contributed by atoms with Gasteiger partial charge in [-0.1, -0.05) is 5.92 Å². The zero-order valence-electron chi connectivity index (χ0n) is 7.48. The highest BCUT2D eigenvalue weighted by Gasteiger charge is 2.08. The predicted molar refractivity (Wildman–Crippen MR) is 50.8 cm³/mol. The minimum Gasteiger partial charge on any atom is -0.289 e. The third-order valence-electron chi connectivity index (χ3n) is 1.67. The first-order valence-corrected chi connectivity index (χ1v) is 3.85. The van der Waals surface area contributed by atoms with E-state index in [1.54, 1.807) is 13.0 Å². The van der Waals surface area contributed by atoms with Crippen LogP contribution in [0.25, 0.3) is 0 Å². The molecule has 0 amide bonds. The van der Waals surface area contributed by atoms with Crippen LogP contribution in [-0.4, -0.2) is 11.2 Å². The molecule has 0 saturated heterocycles. The molecule has 0 aliphatic carbocycles. The highest BCUT2D eigenvalue weighted by atomic mass is 16.6. The lowest BCUT2D eigenvalue weighted by Crippen LogP contribution is -1.91. The van der Waals surface area contributed by atoms with Gasteiger partial charge in [-0.25, -0.2) is 0 Å². The first kappa shape index (κ1) is 9.93. The third kappa shape index (κ3) is 2.17. The number of carbonyl (C=O) groups excluding carboxylic acids is 1. The molecular weight excluding hydrogens is 182 g/mol. The van der Waals surface area contributed by atoms with Crippen LogP contribution in [0, 0.1) is 28.9 Å². The van der Waals surface area contributed by atoms with Gasteiger partial charge in [-0.3, -0.25) is 14.9 Å². The van der Waals surface area contributed by atoms with Gasteiger partial charge in [0, 0.05) is 17.2 Å². The molecule has 14 heavy (non-hydrogen) atoms. The number of rotatable bonds is 1. The smallest absolute Gasteiger partial charge is 0.272 e. The average Bonchev–Trinajstić information content (AvgIpc) is 2.14. The van der Waals surface area contributed by atoms with Crippen molar-refractivity contribution in [2.24, 2.45) is 0 Å². The van der Waals surface area contributed by atoms with Gasteiger partial charge in [0.1, 0.15) is 0 Å². The van der Waals surface area contributed by atoms with Crippen LogP contribution in [0.2, 0.25) is 0 Å². The van der Waals surface area contributed by atoms with Crippen molar-refractivity contribution in [3.63, 3.8) is 0 Å². The van der Waals surface area contributed by atoms with Gasteiger partial charge in [0.25, 0.3) is 5.69 Å². The summed E-state index contributed by atoms with van der Waals surface area (Å²) in [5.41, 5.74) is 1.19. The predicted octanol–water partition coefficient (Wildman–Crippen LogP) is 1.45. The minimum atomic E-state index is -0.452. The van der Waals surface area contributed by atoms with Gasteiger partial charge in [0.05, 0.1) is 4.92 Å². The number of aldehydes is 1. The molecule has 4 heteroatoms. The van der Waals surface area contributed by atoms with E-state index in [9.17, 15) is 14.9 Å². The Bertz CT molecular complexity index is 440. The molecule has 1 aromatic carbocycles. The maximum Gasteiger partial charge on any atom is 0.272 e. The van der Waals surface area contributed by atoms with E-state index < -0.39 is 4.92 Å². The Morgan fingerprint density at radius 3 is 2.71 bits per heavy atom. The van der Waals surface area contributed by atoms with Crippen LogP contribution in [0.15, 0.2) is 18.2 Å². The van der Waals surface area contributed by atoms with E-state index in [0.29, 0.717) is 17.4 Å². The molecule has 0 spiro atoms. The van der Waals surface area contributed by atoms with E-state index in [-0.39, 0.29) is 5.69 Å². The lowest BCUT2D eigenvalue weighted by molar-refractivity contribution is -0.385. The molecule has 70 valence electrons. The summed E-state index contributed by atoms with van der Waals surface area (Å²) in [6.45, 7) is 1.63. The molecule has 0 bridgehead atoms. The molecular formula is C10H7NO3. The van der Waals surface area contributed by atoms with Crippen LogP contribution in [-0.2, 0) is 4.79 Å². The van der Waals surface area contributed by atoms with Gasteiger partial charge in [-0.15, -0.1) is 0 Å². The van der Waals surface area contributed by atoms with Crippen molar-refractivity contribution < 1.29 is 9.72 Å². The molecule has 0 aromatic heterocycles. The molecule has 0 N–H and O–H groups in total. The normalized spacial score (nSPS) is 8.64. The van der Waals surface area contributed by atoms with Crippen molar-refractivity contribution in [2.45, 2.75) is 6.92 Å². The Labute approximate surface area is 80.7 Å². The number of nitro groups is 1. The van der Waals surface area contributed by atoms with Crippen molar-refractivity contribution in [2.75, 3.05) is 0 Å². The topological polar surface area (TPSA) is 60.2 Å². The van der Waals surface area contributed by atoms with Crippen molar-refractivity contribution in [1.29, 1.82) is 0 Å². The maximum absolute atomic E-state index is 10.5. The van der Waals surface area contributed by atoms with Gasteiger partial charge in [0.15, 0.2) is 6.29 Å². The molecule has 1 rings (SSSR count). The fourth-order valence-electron chi connectivity index (χ4n) is 1.05. The number of benzene rings is 1. The van der Waals surface area contributed by atoms with Gasteiger partial charge >= 0.3 is 0 Å². The molecule has 0 atom stereocenters. The molecule has 0 aliphatic rings. The van der Waals surface area contributed by atoms with E-state index in [1.807, 2.05) is 0 Å². The number of carbonyl (C=O) groups is 1. The van der Waals surface area contributed by atoms with Crippen molar-refractivity contribution in [1.82, 2.24) is 0 Å². The van der Waals surface area contributed by atoms with Gasteiger partial charge in [0.2, 0.25) is 0 Å². The fraction of sp³-hybridized carbons (Fsp3) is 0.100. The molecule has 0 radical (unpaired) electrons. The van der Waals surface area contributed by atoms with Crippen molar-refractivity contribution >= 4 is 12.0 Å². The summed E-state index contributed by atoms with van der Waals surface area (Å²) in [6.07, 6.45) is 0.483. The second-order valence-electron chi connectivity index (χ2n) is 2.65. The Balaban J connectivity index is 3.12. The SMILES string of the molecule is Cc1cc(C#CC=O)ccc1[N+](=O)[O-]. The van der Waals surface area contributed by atoms with Crippen LogP contribution in [0.1, 0.15) is 11.1 Å². The maximum atomic E-state index is 10.5. The summed E-state index contributed by atoms with van der Waals surface area (Å²) in [7, 11) is 0. The van der Waals surface area contributed by atoms with Crippen molar-refractivity contribution in [3.8, 4) is 11.8 Å². The number of hydrogen-bond donors (Lipinski definition) is 0. The Kier molecular flexibility index (Phi) is 2.97. The molecule has 0 aliphatic heterocycles. The van der Waals surface area contributed by atoms with Crippen LogP contribution in [0.3, 0.4) is 0 Å². The van der Waals surface area contributed by atoms with E-state index in [1.165, 1.54) is 12.1 Å². The van der Waals surface area contributed by atoms with Crippen LogP contribution in [0.5, 0.6) is 0 Å². The van der Waals surface area contributed by atoms with E-state index in [4.69, 9.17) is 0 Å². The zero-order valence-corrected chi connectivity index (χ0v) is 7.48. The first-order chi connectivity index (χ1) is 6.65. The lowest BCUT2D eigenvalue weighted by atomic mass is 10.1. The standard InChI is InChI=1S/C10H7NO3/c1-8-7-9(3-2-6-12)4-5-10(8)11(13)14/h4-7H,1H3. The van der Waals surface area contributed by atoms with Crippen LogP contribution < -0.4 is 0 Å². The molecule has 0 unspecified atom stereocenters. The van der Waals surface area contributed by atoms with Crippen LogP contribution >= 0.6 is 0 Å². The zero-order chi connectivity index (χ0) is 10.6. The van der Waals surface area contributed by atoms with E-state index in [2.05, 4.69) is 11.8 Å². The summed E-state index contributed by atoms with van der Waals surface area (Å²) < 4.78 is 0. The third-order valence-corrected chi connectivity index (χ3v) is 1.67. The number of hydrogen-bond acceptors (Lipinski definition) is 3. The summed E-state index contributed by atoms with van der Waals surface area (Å²) >= 11 is 0. The van der Waals surface area contributed by atoms with Crippen molar-refractivity contribution in [3.05, 3.63) is 39.4 Å². The van der Waals surface area contributed by atoms with Gasteiger partial charge in [-0.05, 0) is 25.0 Å². The monoisotopic (exact) mass is 189 g/mol. The molecule has 0 saturated carbocycles. The quantitative estimate of drug-likeness (QED) is 0.291. The number of nitro benzene ring substituents is 1. The second kappa shape index (κ2) is 4.19. The number of nitrogens with zero attached hydrogens (tertiary/aromatic N) is 1. The van der Waals surface area contributed by atoms with Crippen LogP contribution in [0.4, 0.5) is 5.69 Å². The molecule has 4 nitrogen and oxygen atoms in total. The fourth-order valence-corrected chi connectivity index (χ4v) is 1.05. The minimum absolute atomic E-state index is 0.0571. The molecule has 0 fully saturated rings. The molecule has 1 aromatic rings. The lowest BCUT2D eigenvalue weighted by Gasteiger charge is -1.96. The molecule has 0 heterocycles.